The first-order valence-electron chi connectivity index (χ1n) is 9.23. The monoisotopic (exact) mass is 390 g/mol. The highest BCUT2D eigenvalue weighted by Gasteiger charge is 2.49. The van der Waals surface area contributed by atoms with Gasteiger partial charge in [-0.15, -0.1) is 0 Å². The summed E-state index contributed by atoms with van der Waals surface area (Å²) in [5.74, 6) is 0.783. The number of urea groups is 1. The van der Waals surface area contributed by atoms with E-state index in [-0.39, 0.29) is 11.2 Å². The van der Waals surface area contributed by atoms with Gasteiger partial charge in [0, 0.05) is 6.04 Å². The Morgan fingerprint density at radius 1 is 1.26 bits per heavy atom. The first-order valence-corrected chi connectivity index (χ1v) is 9.64. The Hall–Kier alpha value is -2.35. The van der Waals surface area contributed by atoms with Gasteiger partial charge >= 0.3 is 6.03 Å². The van der Waals surface area contributed by atoms with Crippen molar-refractivity contribution in [1.82, 2.24) is 21.1 Å². The summed E-state index contributed by atoms with van der Waals surface area (Å²) in [6.07, 6.45) is 4.57. The maximum atomic E-state index is 12.9. The summed E-state index contributed by atoms with van der Waals surface area (Å²) >= 11 is 5.34. The van der Waals surface area contributed by atoms with E-state index in [1.54, 1.807) is 38.3 Å². The van der Waals surface area contributed by atoms with Crippen LogP contribution in [0.1, 0.15) is 45.1 Å². The summed E-state index contributed by atoms with van der Waals surface area (Å²) in [6, 6.07) is 6.77. The second-order valence-electron chi connectivity index (χ2n) is 7.38. The molecule has 3 atom stereocenters. The first kappa shape index (κ1) is 19.4. The van der Waals surface area contributed by atoms with E-state index in [4.69, 9.17) is 17.0 Å². The molecule has 2 aliphatic rings. The smallest absolute Gasteiger partial charge is 0.344 e. The highest BCUT2D eigenvalue weighted by molar-refractivity contribution is 7.80. The molecule has 0 radical (unpaired) electrons. The number of thiocarbonyl (C=S) groups is 1. The third-order valence-electron chi connectivity index (χ3n) is 5.50. The van der Waals surface area contributed by atoms with Crippen molar-refractivity contribution >= 4 is 29.3 Å². The molecule has 7 nitrogen and oxygen atoms in total. The molecule has 1 aromatic rings. The molecule has 3 amide bonds. The zero-order valence-electron chi connectivity index (χ0n) is 15.9. The second-order valence-corrected chi connectivity index (χ2v) is 7.79. The van der Waals surface area contributed by atoms with Crippen molar-refractivity contribution < 1.29 is 14.3 Å². The van der Waals surface area contributed by atoms with Crippen molar-refractivity contribution in [1.29, 1.82) is 0 Å². The van der Waals surface area contributed by atoms with Crippen LogP contribution in [0, 0.1) is 5.92 Å². The standard InChI is InChI=1S/C19H26N4O3S/c1-12-6-4-5-7-15(12)20-17(27)22-23-16(24)19(2,21-18(23)25)13-8-10-14(26-3)11-9-13/h8-12,15H,4-7H2,1-3H3,(H,21,25)(H2,20,22,27)/t12-,15+,19+/m0/s1. The molecule has 3 N–H and O–H groups in total. The fraction of sp³-hybridized carbons (Fsp3) is 0.526. The van der Waals surface area contributed by atoms with Crippen molar-refractivity contribution in [3.63, 3.8) is 0 Å². The number of rotatable bonds is 4. The largest absolute Gasteiger partial charge is 0.497 e. The van der Waals surface area contributed by atoms with Crippen LogP contribution in [0.4, 0.5) is 4.79 Å². The van der Waals surface area contributed by atoms with Gasteiger partial charge < -0.3 is 15.4 Å². The third kappa shape index (κ3) is 3.85. The van der Waals surface area contributed by atoms with Crippen molar-refractivity contribution in [2.24, 2.45) is 5.92 Å². The molecular formula is C19H26N4O3S. The molecule has 146 valence electrons. The van der Waals surface area contributed by atoms with Crippen LogP contribution >= 0.6 is 12.2 Å². The molecule has 2 fully saturated rings. The van der Waals surface area contributed by atoms with E-state index in [2.05, 4.69) is 23.0 Å². The van der Waals surface area contributed by atoms with Gasteiger partial charge in [0.25, 0.3) is 5.91 Å². The lowest BCUT2D eigenvalue weighted by Crippen LogP contribution is -2.54. The van der Waals surface area contributed by atoms with Crippen LogP contribution < -0.4 is 20.8 Å². The normalized spacial score (nSPS) is 27.9. The SMILES string of the molecule is COc1ccc([C@@]2(C)NC(=O)N(NC(=S)N[C@@H]3CCCC[C@@H]3C)C2=O)cc1. The lowest BCUT2D eigenvalue weighted by atomic mass is 9.86. The summed E-state index contributed by atoms with van der Waals surface area (Å²) in [4.78, 5) is 25.4. The molecule has 8 heteroatoms. The highest BCUT2D eigenvalue weighted by atomic mass is 32.1. The number of hydrazine groups is 1. The van der Waals surface area contributed by atoms with E-state index in [1.807, 2.05) is 0 Å². The number of amides is 3. The molecular weight excluding hydrogens is 364 g/mol. The van der Waals surface area contributed by atoms with Crippen molar-refractivity contribution in [2.75, 3.05) is 7.11 Å². The van der Waals surface area contributed by atoms with Crippen molar-refractivity contribution in [2.45, 2.75) is 51.1 Å². The molecule has 3 rings (SSSR count). The van der Waals surface area contributed by atoms with E-state index < -0.39 is 17.5 Å². The minimum Gasteiger partial charge on any atom is -0.497 e. The number of carbonyl (C=O) groups excluding carboxylic acids is 2. The Morgan fingerprint density at radius 3 is 2.56 bits per heavy atom. The van der Waals surface area contributed by atoms with Crippen molar-refractivity contribution in [3.05, 3.63) is 29.8 Å². The van der Waals surface area contributed by atoms with Crippen LogP contribution in [-0.4, -0.2) is 35.2 Å². The predicted molar refractivity (Wildman–Crippen MR) is 106 cm³/mol. The molecule has 27 heavy (non-hydrogen) atoms. The Balaban J connectivity index is 1.68. The van der Waals surface area contributed by atoms with E-state index in [0.29, 0.717) is 17.2 Å². The Labute approximate surface area is 164 Å². The number of imide groups is 1. The number of hydrogen-bond donors (Lipinski definition) is 3. The summed E-state index contributed by atoms with van der Waals surface area (Å²) in [5, 5.41) is 7.24. The number of hydrogen-bond acceptors (Lipinski definition) is 4. The number of ether oxygens (including phenoxy) is 1. The maximum Gasteiger partial charge on any atom is 0.344 e. The van der Waals surface area contributed by atoms with Crippen LogP contribution in [0.15, 0.2) is 24.3 Å². The Kier molecular flexibility index (Phi) is 5.55. The second kappa shape index (κ2) is 7.72. The molecule has 1 saturated carbocycles. The average molecular weight is 391 g/mol. The molecule has 0 unspecified atom stereocenters. The highest BCUT2D eigenvalue weighted by Crippen LogP contribution is 2.29. The topological polar surface area (TPSA) is 82.7 Å². The summed E-state index contributed by atoms with van der Waals surface area (Å²) in [7, 11) is 1.58. The van der Waals surface area contributed by atoms with Crippen LogP contribution in [0.2, 0.25) is 0 Å². The fourth-order valence-corrected chi connectivity index (χ4v) is 3.94. The minimum atomic E-state index is -1.16. The number of methoxy groups -OCH3 is 1. The van der Waals surface area contributed by atoms with Gasteiger partial charge in [-0.05, 0) is 55.6 Å². The number of nitrogens with one attached hydrogen (secondary N) is 3. The van der Waals surface area contributed by atoms with Crippen LogP contribution in [-0.2, 0) is 10.3 Å². The molecule has 1 saturated heterocycles. The van der Waals surface area contributed by atoms with Gasteiger partial charge in [0.15, 0.2) is 5.11 Å². The molecule has 0 bridgehead atoms. The molecule has 1 aliphatic heterocycles. The molecule has 0 spiro atoms. The minimum absolute atomic E-state index is 0.257. The van der Waals surface area contributed by atoms with Gasteiger partial charge in [-0.3, -0.25) is 10.2 Å². The Morgan fingerprint density at radius 2 is 1.93 bits per heavy atom. The maximum absolute atomic E-state index is 12.9. The summed E-state index contributed by atoms with van der Waals surface area (Å²) < 4.78 is 5.15. The van der Waals surface area contributed by atoms with Gasteiger partial charge in [-0.1, -0.05) is 31.9 Å². The first-order chi connectivity index (χ1) is 12.8. The zero-order chi connectivity index (χ0) is 19.6. The van der Waals surface area contributed by atoms with E-state index in [1.165, 1.54) is 6.42 Å². The van der Waals surface area contributed by atoms with E-state index in [0.717, 1.165) is 24.3 Å². The summed E-state index contributed by atoms with van der Waals surface area (Å²) in [6.45, 7) is 3.87. The van der Waals surface area contributed by atoms with Crippen LogP contribution in [0.5, 0.6) is 5.75 Å². The van der Waals surface area contributed by atoms with Crippen LogP contribution in [0.3, 0.4) is 0 Å². The van der Waals surface area contributed by atoms with E-state index >= 15 is 0 Å². The van der Waals surface area contributed by atoms with Gasteiger partial charge in [-0.2, -0.15) is 5.01 Å². The van der Waals surface area contributed by atoms with Crippen LogP contribution in [0.25, 0.3) is 0 Å². The lowest BCUT2D eigenvalue weighted by molar-refractivity contribution is -0.132. The number of benzene rings is 1. The van der Waals surface area contributed by atoms with Gasteiger partial charge in [0.1, 0.15) is 11.3 Å². The number of nitrogens with zero attached hydrogens (tertiary/aromatic N) is 1. The van der Waals surface area contributed by atoms with Gasteiger partial charge in [-0.25, -0.2) is 4.79 Å². The molecule has 0 aromatic heterocycles. The van der Waals surface area contributed by atoms with Gasteiger partial charge in [0.05, 0.1) is 7.11 Å². The molecule has 1 heterocycles. The fourth-order valence-electron chi connectivity index (χ4n) is 3.69. The van der Waals surface area contributed by atoms with Crippen molar-refractivity contribution in [3.8, 4) is 5.75 Å². The molecule has 1 aromatic carbocycles. The van der Waals surface area contributed by atoms with E-state index in [9.17, 15) is 9.59 Å². The lowest BCUT2D eigenvalue weighted by Gasteiger charge is -2.31. The predicted octanol–water partition coefficient (Wildman–Crippen LogP) is 2.42. The summed E-state index contributed by atoms with van der Waals surface area (Å²) in [5.41, 5.74) is 2.27. The quantitative estimate of drug-likeness (QED) is 0.541. The Bertz CT molecular complexity index is 739. The van der Waals surface area contributed by atoms with Gasteiger partial charge in [0.2, 0.25) is 0 Å². The average Bonchev–Trinajstić information content (AvgIpc) is 2.88. The third-order valence-corrected chi connectivity index (χ3v) is 5.71. The molecule has 1 aliphatic carbocycles. The number of carbonyl (C=O) groups is 2. The zero-order valence-corrected chi connectivity index (χ0v) is 16.7.